The number of nitro groups is 1. The molecule has 0 aliphatic heterocycles. The first-order valence-corrected chi connectivity index (χ1v) is 9.90. The summed E-state index contributed by atoms with van der Waals surface area (Å²) in [5.74, 6) is 0.173. The van der Waals surface area contributed by atoms with E-state index in [9.17, 15) is 14.9 Å². The summed E-state index contributed by atoms with van der Waals surface area (Å²) in [4.78, 5) is 22.6. The molecule has 0 aliphatic carbocycles. The number of hydrogen-bond donors (Lipinski definition) is 0. The fourth-order valence-electron chi connectivity index (χ4n) is 3.08. The highest BCUT2D eigenvalue weighted by Crippen LogP contribution is 2.23. The number of thioether (sulfide) groups is 1. The molecule has 0 spiro atoms. The van der Waals surface area contributed by atoms with Gasteiger partial charge in [-0.3, -0.25) is 19.2 Å². The zero-order valence-corrected chi connectivity index (χ0v) is 16.3. The molecule has 0 fully saturated rings. The lowest BCUT2D eigenvalue weighted by atomic mass is 10.2. The maximum atomic E-state index is 12.1. The van der Waals surface area contributed by atoms with Crippen LogP contribution in [0.4, 0.5) is 5.69 Å². The van der Waals surface area contributed by atoms with Crippen molar-refractivity contribution in [3.05, 3.63) is 75.0 Å². The molecular weight excluding hydrogens is 394 g/mol. The van der Waals surface area contributed by atoms with Gasteiger partial charge >= 0.3 is 5.76 Å². The van der Waals surface area contributed by atoms with Gasteiger partial charge in [0.1, 0.15) is 6.33 Å². The highest BCUT2D eigenvalue weighted by Gasteiger charge is 2.14. The molecule has 2 heterocycles. The van der Waals surface area contributed by atoms with Crippen LogP contribution in [0, 0.1) is 17.0 Å². The van der Waals surface area contributed by atoms with Gasteiger partial charge in [-0.2, -0.15) is 0 Å². The van der Waals surface area contributed by atoms with Gasteiger partial charge in [0.25, 0.3) is 5.69 Å². The van der Waals surface area contributed by atoms with Crippen molar-refractivity contribution < 1.29 is 9.34 Å². The van der Waals surface area contributed by atoms with E-state index >= 15 is 0 Å². The summed E-state index contributed by atoms with van der Waals surface area (Å²) in [6.07, 6.45) is 2.33. The monoisotopic (exact) mass is 411 g/mol. The van der Waals surface area contributed by atoms with Crippen molar-refractivity contribution in [1.82, 2.24) is 19.3 Å². The molecule has 0 saturated heterocycles. The molecule has 0 amide bonds. The molecule has 10 heteroatoms. The van der Waals surface area contributed by atoms with Crippen LogP contribution in [0.15, 0.2) is 63.2 Å². The molecule has 4 rings (SSSR count). The zero-order valence-electron chi connectivity index (χ0n) is 15.5. The number of aryl methyl sites for hydroxylation is 2. The average molecular weight is 411 g/mol. The van der Waals surface area contributed by atoms with Crippen molar-refractivity contribution in [1.29, 1.82) is 0 Å². The quantitative estimate of drug-likeness (QED) is 0.198. The highest BCUT2D eigenvalue weighted by atomic mass is 32.2. The van der Waals surface area contributed by atoms with Gasteiger partial charge in [0, 0.05) is 24.4 Å². The zero-order chi connectivity index (χ0) is 20.4. The largest absolute Gasteiger partial charge is 0.419 e. The smallest absolute Gasteiger partial charge is 0.408 e. The molecule has 0 bridgehead atoms. The van der Waals surface area contributed by atoms with Gasteiger partial charge in [0.15, 0.2) is 10.7 Å². The van der Waals surface area contributed by atoms with Gasteiger partial charge < -0.3 is 4.42 Å². The van der Waals surface area contributed by atoms with Crippen LogP contribution in [-0.4, -0.2) is 30.0 Å². The minimum Gasteiger partial charge on any atom is -0.408 e. The highest BCUT2D eigenvalue weighted by molar-refractivity contribution is 7.99. The van der Waals surface area contributed by atoms with E-state index in [1.165, 1.54) is 34.5 Å². The minimum atomic E-state index is -0.520. The Kier molecular flexibility index (Phi) is 5.17. The fourth-order valence-corrected chi connectivity index (χ4v) is 3.93. The van der Waals surface area contributed by atoms with Gasteiger partial charge in [-0.1, -0.05) is 30.0 Å². The molecule has 0 atom stereocenters. The second-order valence-electron chi connectivity index (χ2n) is 6.40. The van der Waals surface area contributed by atoms with Crippen molar-refractivity contribution in [2.75, 3.05) is 5.75 Å². The van der Waals surface area contributed by atoms with Crippen molar-refractivity contribution >= 4 is 28.5 Å². The van der Waals surface area contributed by atoms with Gasteiger partial charge in [-0.15, -0.1) is 10.2 Å². The lowest BCUT2D eigenvalue weighted by Crippen LogP contribution is -2.14. The SMILES string of the molecule is Cc1ccccc1-n1cnnc1SCCCn1c(=O)oc2ccc([N+](=O)[O-])cc21. The summed E-state index contributed by atoms with van der Waals surface area (Å²) in [6, 6.07) is 12.1. The Hall–Kier alpha value is -3.40. The summed E-state index contributed by atoms with van der Waals surface area (Å²) < 4.78 is 8.54. The third kappa shape index (κ3) is 3.79. The first kappa shape index (κ1) is 18.9. The molecule has 0 aliphatic rings. The van der Waals surface area contributed by atoms with E-state index in [1.807, 2.05) is 35.8 Å². The Balaban J connectivity index is 1.46. The molecule has 4 aromatic rings. The molecule has 0 saturated carbocycles. The number of oxazole rings is 1. The molecule has 29 heavy (non-hydrogen) atoms. The first-order chi connectivity index (χ1) is 14.0. The van der Waals surface area contributed by atoms with Crippen molar-refractivity contribution in [2.24, 2.45) is 0 Å². The predicted octanol–water partition coefficient (Wildman–Crippen LogP) is 3.57. The Morgan fingerprint density at radius 2 is 2.07 bits per heavy atom. The van der Waals surface area contributed by atoms with Crippen LogP contribution in [0.1, 0.15) is 12.0 Å². The Bertz CT molecular complexity index is 1240. The molecule has 2 aromatic carbocycles. The minimum absolute atomic E-state index is 0.0762. The molecule has 0 radical (unpaired) electrons. The molecule has 0 N–H and O–H groups in total. The van der Waals surface area contributed by atoms with E-state index in [-0.39, 0.29) is 5.69 Å². The van der Waals surface area contributed by atoms with Crippen LogP contribution < -0.4 is 5.76 Å². The summed E-state index contributed by atoms with van der Waals surface area (Å²) in [5.41, 5.74) is 2.83. The van der Waals surface area contributed by atoms with Crippen LogP contribution >= 0.6 is 11.8 Å². The standard InChI is InChI=1S/C19H17N5O4S/c1-13-5-2-3-6-15(13)23-12-20-21-18(23)29-10-4-9-22-16-11-14(24(26)27)7-8-17(16)28-19(22)25/h2-3,5-8,11-12H,4,9-10H2,1H3. The van der Waals surface area contributed by atoms with Crippen LogP contribution in [0.5, 0.6) is 0 Å². The number of benzene rings is 2. The van der Waals surface area contributed by atoms with E-state index in [2.05, 4.69) is 10.2 Å². The molecule has 2 aromatic heterocycles. The number of non-ortho nitro benzene ring substituents is 1. The van der Waals surface area contributed by atoms with Gasteiger partial charge in [-0.25, -0.2) is 4.79 Å². The second-order valence-corrected chi connectivity index (χ2v) is 7.46. The summed E-state index contributed by atoms with van der Waals surface area (Å²) in [6.45, 7) is 2.41. The van der Waals surface area contributed by atoms with E-state index < -0.39 is 10.7 Å². The molecule has 148 valence electrons. The van der Waals surface area contributed by atoms with Crippen LogP contribution in [0.25, 0.3) is 16.8 Å². The van der Waals surface area contributed by atoms with E-state index in [0.29, 0.717) is 29.8 Å². The maximum Gasteiger partial charge on any atom is 0.419 e. The third-order valence-corrected chi connectivity index (χ3v) is 5.54. The number of fused-ring (bicyclic) bond motifs is 1. The van der Waals surface area contributed by atoms with E-state index in [1.54, 1.807) is 6.33 Å². The predicted molar refractivity (Wildman–Crippen MR) is 109 cm³/mol. The lowest BCUT2D eigenvalue weighted by molar-refractivity contribution is -0.384. The van der Waals surface area contributed by atoms with Gasteiger partial charge in [0.2, 0.25) is 0 Å². The van der Waals surface area contributed by atoms with Crippen molar-refractivity contribution in [3.8, 4) is 5.69 Å². The Morgan fingerprint density at radius 1 is 1.24 bits per heavy atom. The summed E-state index contributed by atoms with van der Waals surface area (Å²) >= 11 is 1.53. The number of nitrogens with zero attached hydrogens (tertiary/aromatic N) is 5. The lowest BCUT2D eigenvalue weighted by Gasteiger charge is -2.09. The van der Waals surface area contributed by atoms with Crippen molar-refractivity contribution in [3.63, 3.8) is 0 Å². The average Bonchev–Trinajstić information content (AvgIpc) is 3.29. The Labute approximate surface area is 169 Å². The number of rotatable bonds is 7. The Morgan fingerprint density at radius 3 is 2.86 bits per heavy atom. The maximum absolute atomic E-state index is 12.1. The second kappa shape index (κ2) is 7.92. The van der Waals surface area contributed by atoms with Crippen LogP contribution in [0.2, 0.25) is 0 Å². The summed E-state index contributed by atoms with van der Waals surface area (Å²) in [5, 5.41) is 19.9. The van der Waals surface area contributed by atoms with Crippen LogP contribution in [0.3, 0.4) is 0 Å². The number of aromatic nitrogens is 4. The first-order valence-electron chi connectivity index (χ1n) is 8.91. The van der Waals surface area contributed by atoms with Gasteiger partial charge in [-0.05, 0) is 31.0 Å². The van der Waals surface area contributed by atoms with E-state index in [0.717, 1.165) is 16.4 Å². The normalized spacial score (nSPS) is 11.2. The van der Waals surface area contributed by atoms with Crippen molar-refractivity contribution in [2.45, 2.75) is 25.0 Å². The van der Waals surface area contributed by atoms with Crippen LogP contribution in [-0.2, 0) is 6.54 Å². The summed E-state index contributed by atoms with van der Waals surface area (Å²) in [7, 11) is 0. The molecular formula is C19H17N5O4S. The topological polar surface area (TPSA) is 109 Å². The molecule has 0 unspecified atom stereocenters. The van der Waals surface area contributed by atoms with Gasteiger partial charge in [0.05, 0.1) is 16.1 Å². The molecule has 9 nitrogen and oxygen atoms in total. The number of hydrogen-bond acceptors (Lipinski definition) is 7. The third-order valence-electron chi connectivity index (χ3n) is 4.51. The number of nitro benzene ring substituents is 1. The fraction of sp³-hybridized carbons (Fsp3) is 0.211. The number of para-hydroxylation sites is 1. The van der Waals surface area contributed by atoms with E-state index in [4.69, 9.17) is 4.42 Å².